The molecule has 6 heteroatoms. The number of unbranched alkanes of at least 4 members (excludes halogenated alkanes) is 2. The summed E-state index contributed by atoms with van der Waals surface area (Å²) in [6.45, 7) is 1.67. The van der Waals surface area contributed by atoms with Crippen LogP contribution < -0.4 is 0 Å². The van der Waals surface area contributed by atoms with E-state index in [4.69, 9.17) is 18.9 Å². The van der Waals surface area contributed by atoms with Gasteiger partial charge in [0.05, 0.1) is 7.11 Å². The summed E-state index contributed by atoms with van der Waals surface area (Å²) in [5.74, 6) is 4.61. The van der Waals surface area contributed by atoms with Crippen LogP contribution in [0, 0.1) is 11.8 Å². The van der Waals surface area contributed by atoms with E-state index in [2.05, 4.69) is 16.6 Å². The fourth-order valence-corrected chi connectivity index (χ4v) is 2.20. The molecule has 132 valence electrons. The molecule has 0 amide bonds. The Morgan fingerprint density at radius 3 is 2.83 bits per heavy atom. The second-order valence-electron chi connectivity index (χ2n) is 5.34. The molecule has 1 saturated heterocycles. The van der Waals surface area contributed by atoms with E-state index in [1.807, 2.05) is 0 Å². The first-order valence-electron chi connectivity index (χ1n) is 8.19. The van der Waals surface area contributed by atoms with E-state index >= 15 is 0 Å². The Morgan fingerprint density at radius 2 is 2.13 bits per heavy atom. The van der Waals surface area contributed by atoms with E-state index in [1.54, 1.807) is 7.11 Å². The minimum absolute atomic E-state index is 0.0209. The van der Waals surface area contributed by atoms with Crippen LogP contribution >= 0.6 is 0 Å². The maximum absolute atomic E-state index is 11.0. The molecule has 1 rings (SSSR count). The monoisotopic (exact) mass is 328 g/mol. The van der Waals surface area contributed by atoms with Crippen LogP contribution in [0.4, 0.5) is 0 Å². The van der Waals surface area contributed by atoms with Gasteiger partial charge in [-0.25, -0.2) is 4.79 Å². The Morgan fingerprint density at radius 1 is 1.26 bits per heavy atom. The number of hydrogen-bond donors (Lipinski definition) is 0. The van der Waals surface area contributed by atoms with E-state index in [-0.39, 0.29) is 19.2 Å². The molecule has 23 heavy (non-hydrogen) atoms. The van der Waals surface area contributed by atoms with Crippen LogP contribution in [0.1, 0.15) is 44.9 Å². The minimum atomic E-state index is -0.558. The molecule has 0 spiro atoms. The summed E-state index contributed by atoms with van der Waals surface area (Å²) in [7, 11) is 2.85. The zero-order chi connectivity index (χ0) is 16.8. The highest BCUT2D eigenvalue weighted by molar-refractivity contribution is 5.88. The molecule has 0 aromatic heterocycles. The van der Waals surface area contributed by atoms with Crippen LogP contribution in [0.2, 0.25) is 0 Å². The lowest BCUT2D eigenvalue weighted by Gasteiger charge is -2.22. The number of ether oxygens (including phenoxy) is 5. The molecular weight excluding hydrogens is 300 g/mol. The predicted octanol–water partition coefficient (Wildman–Crippen LogP) is 2.26. The predicted molar refractivity (Wildman–Crippen MR) is 84.6 cm³/mol. The number of hydrogen-bond acceptors (Lipinski definition) is 6. The van der Waals surface area contributed by atoms with Crippen LogP contribution in [0.25, 0.3) is 0 Å². The zero-order valence-electron chi connectivity index (χ0n) is 14.2. The van der Waals surface area contributed by atoms with E-state index in [0.29, 0.717) is 6.61 Å². The maximum atomic E-state index is 11.0. The third-order valence-electron chi connectivity index (χ3n) is 3.46. The summed E-state index contributed by atoms with van der Waals surface area (Å²) >= 11 is 0. The number of rotatable bonds is 10. The quantitative estimate of drug-likeness (QED) is 0.201. The van der Waals surface area contributed by atoms with Crippen LogP contribution in [0.5, 0.6) is 0 Å². The molecule has 0 aliphatic carbocycles. The second kappa shape index (κ2) is 13.3. The highest BCUT2D eigenvalue weighted by Crippen LogP contribution is 2.14. The molecule has 1 unspecified atom stereocenters. The van der Waals surface area contributed by atoms with Crippen molar-refractivity contribution in [3.63, 3.8) is 0 Å². The van der Waals surface area contributed by atoms with Crippen molar-refractivity contribution >= 4 is 5.97 Å². The lowest BCUT2D eigenvalue weighted by molar-refractivity contribution is -0.162. The lowest BCUT2D eigenvalue weighted by Crippen LogP contribution is -2.22. The maximum Gasteiger partial charge on any atom is 0.384 e. The minimum Gasteiger partial charge on any atom is -0.459 e. The molecule has 0 N–H and O–H groups in total. The molecule has 6 nitrogen and oxygen atoms in total. The van der Waals surface area contributed by atoms with Crippen molar-refractivity contribution in [2.24, 2.45) is 0 Å². The van der Waals surface area contributed by atoms with E-state index in [1.165, 1.54) is 13.5 Å². The first-order chi connectivity index (χ1) is 11.3. The lowest BCUT2D eigenvalue weighted by atomic mass is 10.1. The molecular formula is C17H28O6. The van der Waals surface area contributed by atoms with Gasteiger partial charge in [0.2, 0.25) is 0 Å². The Hall–Kier alpha value is -1.13. The second-order valence-corrected chi connectivity index (χ2v) is 5.34. The van der Waals surface area contributed by atoms with Crippen molar-refractivity contribution < 1.29 is 28.5 Å². The number of esters is 1. The van der Waals surface area contributed by atoms with Crippen LogP contribution in [0.3, 0.4) is 0 Å². The third-order valence-corrected chi connectivity index (χ3v) is 3.46. The number of carbonyl (C=O) groups is 1. The Kier molecular flexibility index (Phi) is 11.5. The molecule has 1 aliphatic rings. The van der Waals surface area contributed by atoms with Gasteiger partial charge in [-0.2, -0.15) is 0 Å². The van der Waals surface area contributed by atoms with Crippen molar-refractivity contribution in [1.29, 1.82) is 0 Å². The van der Waals surface area contributed by atoms with Gasteiger partial charge in [0.1, 0.15) is 12.9 Å². The smallest absolute Gasteiger partial charge is 0.384 e. The highest BCUT2D eigenvalue weighted by Gasteiger charge is 2.13. The van der Waals surface area contributed by atoms with E-state index in [9.17, 15) is 4.79 Å². The molecule has 0 radical (unpaired) electrons. The fraction of sp³-hybridized carbons (Fsp3) is 0.824. The fourth-order valence-electron chi connectivity index (χ4n) is 2.20. The first kappa shape index (κ1) is 19.9. The van der Waals surface area contributed by atoms with Gasteiger partial charge >= 0.3 is 5.97 Å². The molecule has 0 saturated carbocycles. The van der Waals surface area contributed by atoms with Gasteiger partial charge in [0, 0.05) is 26.2 Å². The zero-order valence-corrected chi connectivity index (χ0v) is 14.2. The Bertz CT molecular complexity index is 367. The topological polar surface area (TPSA) is 63.2 Å². The summed E-state index contributed by atoms with van der Waals surface area (Å²) in [5.41, 5.74) is 0. The van der Waals surface area contributed by atoms with Crippen LogP contribution in [-0.4, -0.2) is 52.6 Å². The van der Waals surface area contributed by atoms with Crippen molar-refractivity contribution in [2.45, 2.75) is 57.3 Å². The van der Waals surface area contributed by atoms with Gasteiger partial charge in [-0.3, -0.25) is 0 Å². The molecule has 1 fully saturated rings. The molecule has 1 aliphatic heterocycles. The van der Waals surface area contributed by atoms with Gasteiger partial charge in [-0.1, -0.05) is 12.3 Å². The Labute approximate surface area is 138 Å². The van der Waals surface area contributed by atoms with Crippen molar-refractivity contribution in [1.82, 2.24) is 0 Å². The summed E-state index contributed by atoms with van der Waals surface area (Å²) in [6, 6.07) is 0. The molecule has 1 heterocycles. The largest absolute Gasteiger partial charge is 0.459 e. The van der Waals surface area contributed by atoms with Gasteiger partial charge < -0.3 is 23.7 Å². The van der Waals surface area contributed by atoms with Crippen LogP contribution in [0.15, 0.2) is 0 Å². The Balaban J connectivity index is 2.12. The van der Waals surface area contributed by atoms with Gasteiger partial charge in [0.15, 0.2) is 6.29 Å². The summed E-state index contributed by atoms with van der Waals surface area (Å²) < 4.78 is 26.0. The highest BCUT2D eigenvalue weighted by atomic mass is 16.7. The van der Waals surface area contributed by atoms with Crippen LogP contribution in [-0.2, 0) is 28.5 Å². The molecule has 0 bridgehead atoms. The molecule has 2 atom stereocenters. The SMILES string of the molecule is COCO[C@@H](C#CC(=O)OC)CCCCCOC1CCCCO1. The van der Waals surface area contributed by atoms with Crippen molar-refractivity contribution in [3.8, 4) is 11.8 Å². The molecule has 0 aromatic carbocycles. The molecule has 0 aromatic rings. The summed E-state index contributed by atoms with van der Waals surface area (Å²) in [5, 5.41) is 0. The number of carbonyl (C=O) groups excluding carboxylic acids is 1. The third kappa shape index (κ3) is 10.3. The van der Waals surface area contributed by atoms with E-state index < -0.39 is 5.97 Å². The average Bonchev–Trinajstić information content (AvgIpc) is 2.60. The first-order valence-corrected chi connectivity index (χ1v) is 8.19. The standard InChI is InChI=1S/C17H28O6/c1-19-14-23-15(10-11-16(18)20-2)8-4-3-6-12-21-17-9-5-7-13-22-17/h15,17H,3-9,12-14H2,1-2H3/t15-,17?/m1/s1. The van der Waals surface area contributed by atoms with Gasteiger partial charge in [-0.05, 0) is 38.5 Å². The van der Waals surface area contributed by atoms with E-state index in [0.717, 1.165) is 45.1 Å². The summed E-state index contributed by atoms with van der Waals surface area (Å²) in [4.78, 5) is 11.0. The van der Waals surface area contributed by atoms with Gasteiger partial charge in [0.25, 0.3) is 0 Å². The van der Waals surface area contributed by atoms with Gasteiger partial charge in [-0.15, -0.1) is 0 Å². The normalized spacial score (nSPS) is 18.8. The van der Waals surface area contributed by atoms with Crippen molar-refractivity contribution in [2.75, 3.05) is 34.2 Å². The average molecular weight is 328 g/mol. The number of methoxy groups -OCH3 is 2. The van der Waals surface area contributed by atoms with Crippen molar-refractivity contribution in [3.05, 3.63) is 0 Å². The summed E-state index contributed by atoms with van der Waals surface area (Å²) in [6.07, 6.45) is 6.64.